The molecule has 2 aromatic carbocycles. The fraction of sp³-hybridized carbons (Fsp3) is 0.250. The Kier molecular flexibility index (Phi) is 8.80. The first-order valence-corrected chi connectivity index (χ1v) is 9.11. The summed E-state index contributed by atoms with van der Waals surface area (Å²) in [7, 11) is 1.59. The Balaban J connectivity index is 0.00000243. The molecule has 1 fully saturated rings. The van der Waals surface area contributed by atoms with Gasteiger partial charge in [0.1, 0.15) is 11.5 Å². The molecule has 3 rings (SSSR count). The van der Waals surface area contributed by atoms with Crippen LogP contribution >= 0.6 is 11.8 Å². The normalized spacial score (nSPS) is 18.9. The molecule has 0 N–H and O–H groups in total. The summed E-state index contributed by atoms with van der Waals surface area (Å²) >= 11 is 1.69. The van der Waals surface area contributed by atoms with Gasteiger partial charge in [0.15, 0.2) is 0 Å². The maximum absolute atomic E-state index is 12.4. The predicted molar refractivity (Wildman–Crippen MR) is 105 cm³/mol. The fourth-order valence-corrected chi connectivity index (χ4v) is 4.22. The second-order valence-electron chi connectivity index (χ2n) is 5.75. The summed E-state index contributed by atoms with van der Waals surface area (Å²) in [5.74, 6) is 1.52. The van der Waals surface area contributed by atoms with Crippen molar-refractivity contribution in [3.8, 4) is 5.75 Å². The molecule has 6 heteroatoms. The number of ketones is 1. The molecule has 130 valence electrons. The van der Waals surface area contributed by atoms with Crippen molar-refractivity contribution in [2.45, 2.75) is 17.8 Å². The number of thioether (sulfide) groups is 1. The van der Waals surface area contributed by atoms with E-state index < -0.39 is 0 Å². The zero-order chi connectivity index (χ0) is 17.6. The van der Waals surface area contributed by atoms with E-state index in [1.807, 2.05) is 43.2 Å². The van der Waals surface area contributed by atoms with Gasteiger partial charge in [-0.05, 0) is 35.6 Å². The van der Waals surface area contributed by atoms with Crippen LogP contribution in [-0.2, 0) is 4.79 Å². The molecular weight excluding hydrogens is 472 g/mol. The van der Waals surface area contributed by atoms with Crippen LogP contribution in [0.4, 0.5) is 0 Å². The molecule has 1 amide bonds. The first-order valence-electron chi connectivity index (χ1n) is 8.06. The first kappa shape index (κ1) is 21.6. The van der Waals surface area contributed by atoms with Crippen LogP contribution in [0.15, 0.2) is 54.6 Å². The molecule has 2 atom stereocenters. The van der Waals surface area contributed by atoms with Crippen LogP contribution in [0.3, 0.4) is 0 Å². The van der Waals surface area contributed by atoms with E-state index in [0.29, 0.717) is 5.56 Å². The average Bonchev–Trinajstić information content (AvgIpc) is 3.09. The average molecular weight is 491 g/mol. The van der Waals surface area contributed by atoms with Gasteiger partial charge in [-0.1, -0.05) is 30.3 Å². The Labute approximate surface area is 198 Å². The van der Waals surface area contributed by atoms with E-state index in [4.69, 9.17) is 4.74 Å². The number of methoxy groups -OCH3 is 1. The van der Waals surface area contributed by atoms with Gasteiger partial charge in [-0.25, -0.2) is 0 Å². The Hall–Kier alpha value is -0.699. The van der Waals surface area contributed by atoms with Crippen LogP contribution in [0.5, 0.6) is 5.75 Å². The first-order chi connectivity index (χ1) is 12.2. The van der Waals surface area contributed by atoms with Crippen molar-refractivity contribution in [3.63, 3.8) is 0 Å². The van der Waals surface area contributed by atoms with E-state index in [2.05, 4.69) is 0 Å². The number of amides is 1. The molecule has 1 heterocycles. The predicted octanol–water partition coefficient (Wildman–Crippen LogP) is 3.27. The monoisotopic (exact) mass is 491 g/mol. The van der Waals surface area contributed by atoms with E-state index >= 15 is 0 Å². The summed E-state index contributed by atoms with van der Waals surface area (Å²) < 4.78 is 5.10. The van der Waals surface area contributed by atoms with Crippen molar-refractivity contribution in [2.75, 3.05) is 12.9 Å². The third kappa shape index (κ3) is 5.18. The van der Waals surface area contributed by atoms with Gasteiger partial charge in [0.05, 0.1) is 12.5 Å². The van der Waals surface area contributed by atoms with E-state index in [-0.39, 0.29) is 72.5 Å². The van der Waals surface area contributed by atoms with Gasteiger partial charge in [-0.15, -0.1) is 24.2 Å². The molecule has 1 saturated heterocycles. The Bertz CT molecular complexity index is 724. The number of Topliss-reactive ketones (excluding diaryl/α,β-unsaturated/α-hetero) is 1. The number of carbonyl (C=O) groups excluding carboxylic acids is 2. The second kappa shape index (κ2) is 10.6. The van der Waals surface area contributed by atoms with Gasteiger partial charge in [0, 0.05) is 5.56 Å². The smallest absolute Gasteiger partial charge is 0.524 e. The van der Waals surface area contributed by atoms with Gasteiger partial charge < -0.3 is 20.9 Å². The number of hydrogen-bond acceptors (Lipinski definition) is 4. The number of hydrogen-bond donors (Lipinski definition) is 0. The van der Waals surface area contributed by atoms with Crippen LogP contribution in [-0.4, -0.2) is 84.9 Å². The molecule has 1 aliphatic rings. The number of rotatable bonds is 7. The summed E-state index contributed by atoms with van der Waals surface area (Å²) in [5, 5.41) is -0.0453. The molecule has 0 saturated carbocycles. The summed E-state index contributed by atoms with van der Waals surface area (Å²) in [6.45, 7) is 0. The van der Waals surface area contributed by atoms with Gasteiger partial charge in [0.25, 0.3) is 0 Å². The third-order valence-electron chi connectivity index (χ3n) is 4.21. The van der Waals surface area contributed by atoms with Crippen LogP contribution < -0.4 is 4.74 Å². The minimum absolute atomic E-state index is 0. The van der Waals surface area contributed by atoms with Crippen molar-refractivity contribution in [2.24, 2.45) is 0 Å². The Morgan fingerprint density at radius 3 is 2.54 bits per heavy atom. The standard InChI is InChI=1S/C20H19NO3S.Ba/c1-24-18-10-7-15(8-11-18)19(23)12-9-17-13-25-20(21(17)14-22)16-5-3-2-4-6-16;/h2-11,17,20H,12-13H2,1H3;/q-2;+2. The molecule has 26 heavy (non-hydrogen) atoms. The molecule has 0 spiro atoms. The Morgan fingerprint density at radius 1 is 1.23 bits per heavy atom. The van der Waals surface area contributed by atoms with Crippen LogP contribution in [0.1, 0.15) is 27.7 Å². The number of ether oxygens (including phenoxy) is 1. The largest absolute Gasteiger partial charge is 2.00 e. The maximum Gasteiger partial charge on any atom is 2.00 e. The fourth-order valence-electron chi connectivity index (χ4n) is 2.83. The van der Waals surface area contributed by atoms with E-state index in [0.717, 1.165) is 17.1 Å². The van der Waals surface area contributed by atoms with E-state index in [9.17, 15) is 9.59 Å². The molecular formula is C20H19BaNO3S. The second-order valence-corrected chi connectivity index (χ2v) is 6.87. The van der Waals surface area contributed by atoms with E-state index in [1.165, 1.54) is 0 Å². The number of nitrogens with zero attached hydrogens (tertiary/aromatic N) is 1. The molecule has 4 nitrogen and oxygen atoms in total. The molecule has 0 aliphatic carbocycles. The molecule has 2 unspecified atom stereocenters. The van der Waals surface area contributed by atoms with Gasteiger partial charge in [-0.3, -0.25) is 4.79 Å². The van der Waals surface area contributed by atoms with Crippen molar-refractivity contribution >= 4 is 72.8 Å². The molecule has 1 aliphatic heterocycles. The third-order valence-corrected chi connectivity index (χ3v) is 5.56. The summed E-state index contributed by atoms with van der Waals surface area (Å²) in [5.41, 5.74) is 1.72. The molecule has 2 aromatic rings. The zero-order valence-electron chi connectivity index (χ0n) is 14.6. The Morgan fingerprint density at radius 2 is 1.92 bits per heavy atom. The minimum atomic E-state index is -0.0881. The van der Waals surface area contributed by atoms with Crippen molar-refractivity contribution in [1.29, 1.82) is 0 Å². The topological polar surface area (TPSA) is 46.6 Å². The van der Waals surface area contributed by atoms with Crippen LogP contribution in [0.25, 0.3) is 0 Å². The van der Waals surface area contributed by atoms with E-state index in [1.54, 1.807) is 48.0 Å². The molecule has 0 radical (unpaired) electrons. The van der Waals surface area contributed by atoms with Gasteiger partial charge in [-0.2, -0.15) is 6.41 Å². The van der Waals surface area contributed by atoms with Gasteiger partial charge in [0.2, 0.25) is 0 Å². The van der Waals surface area contributed by atoms with Crippen molar-refractivity contribution in [1.82, 2.24) is 4.90 Å². The summed E-state index contributed by atoms with van der Waals surface area (Å²) in [4.78, 5) is 25.5. The maximum atomic E-state index is 12.4. The quantitative estimate of drug-likeness (QED) is 0.340. The molecule has 0 aromatic heterocycles. The molecule has 0 bridgehead atoms. The van der Waals surface area contributed by atoms with Gasteiger partial charge >= 0.3 is 48.9 Å². The minimum Gasteiger partial charge on any atom is -0.524 e. The summed E-state index contributed by atoms with van der Waals surface area (Å²) in [6, 6.07) is 16.9. The SMILES string of the molecule is COc1ccc(C(=O)C[CH-]C2CSC(c3ccccc3)N2[C-]=O)cc1.[Ba+2]. The van der Waals surface area contributed by atoms with Crippen molar-refractivity contribution < 1.29 is 14.3 Å². The van der Waals surface area contributed by atoms with Crippen LogP contribution in [0, 0.1) is 6.42 Å². The summed E-state index contributed by atoms with van der Waals surface area (Å²) in [6.07, 6.45) is 4.24. The zero-order valence-corrected chi connectivity index (χ0v) is 19.9. The van der Waals surface area contributed by atoms with Crippen LogP contribution in [0.2, 0.25) is 0 Å². The van der Waals surface area contributed by atoms with Crippen molar-refractivity contribution in [3.05, 3.63) is 72.1 Å². The number of benzene rings is 2. The number of carbonyl (C=O) groups is 1.